The third-order valence-corrected chi connectivity index (χ3v) is 6.02. The first-order valence-electron chi connectivity index (χ1n) is 10.8. The highest BCUT2D eigenvalue weighted by molar-refractivity contribution is 5.90. The van der Waals surface area contributed by atoms with Crippen molar-refractivity contribution in [3.63, 3.8) is 0 Å². The first-order valence-corrected chi connectivity index (χ1v) is 10.8. The van der Waals surface area contributed by atoms with E-state index in [0.29, 0.717) is 6.54 Å². The van der Waals surface area contributed by atoms with Gasteiger partial charge in [0.15, 0.2) is 0 Å². The molecule has 1 aliphatic rings. The number of anilines is 1. The number of hydrogen-bond donors (Lipinski definition) is 1. The van der Waals surface area contributed by atoms with E-state index >= 15 is 0 Å². The van der Waals surface area contributed by atoms with Crippen molar-refractivity contribution >= 4 is 11.7 Å². The Morgan fingerprint density at radius 1 is 0.969 bits per heavy atom. The number of halogens is 1. The Kier molecular flexibility index (Phi) is 5.23. The second-order valence-corrected chi connectivity index (χ2v) is 7.99. The van der Waals surface area contributed by atoms with E-state index in [9.17, 15) is 9.18 Å². The lowest BCUT2D eigenvalue weighted by atomic mass is 10.0. The molecular weight excluding hydrogens is 401 g/mol. The highest BCUT2D eigenvalue weighted by Crippen LogP contribution is 2.37. The third kappa shape index (κ3) is 3.66. The van der Waals surface area contributed by atoms with E-state index in [-0.39, 0.29) is 17.9 Å². The topological polar surface area (TPSA) is 37.3 Å². The highest BCUT2D eigenvalue weighted by Gasteiger charge is 2.33. The molecule has 3 aromatic carbocycles. The van der Waals surface area contributed by atoms with E-state index in [2.05, 4.69) is 22.9 Å². The van der Waals surface area contributed by atoms with E-state index in [4.69, 9.17) is 0 Å². The van der Waals surface area contributed by atoms with Crippen LogP contribution in [0.1, 0.15) is 35.3 Å². The van der Waals surface area contributed by atoms with Gasteiger partial charge in [-0.05, 0) is 65.6 Å². The zero-order chi connectivity index (χ0) is 22.1. The maximum Gasteiger partial charge on any atom is 0.322 e. The molecule has 0 bridgehead atoms. The number of aromatic nitrogens is 1. The van der Waals surface area contributed by atoms with E-state index in [1.807, 2.05) is 65.7 Å². The Morgan fingerprint density at radius 3 is 2.47 bits per heavy atom. The molecule has 5 heteroatoms. The van der Waals surface area contributed by atoms with Crippen LogP contribution in [0.15, 0.2) is 91.1 Å². The predicted molar refractivity (Wildman–Crippen MR) is 124 cm³/mol. The largest absolute Gasteiger partial charge is 0.322 e. The number of nitrogens with one attached hydrogen (secondary N) is 1. The summed E-state index contributed by atoms with van der Waals surface area (Å²) in [5, 5.41) is 3.06. The number of fused-ring (bicyclic) bond motifs is 3. The zero-order valence-corrected chi connectivity index (χ0v) is 17.8. The van der Waals surface area contributed by atoms with E-state index < -0.39 is 0 Å². The van der Waals surface area contributed by atoms with Gasteiger partial charge >= 0.3 is 6.03 Å². The number of para-hydroxylation sites is 1. The van der Waals surface area contributed by atoms with E-state index in [1.54, 1.807) is 12.1 Å². The lowest BCUT2D eigenvalue weighted by Crippen LogP contribution is -2.37. The van der Waals surface area contributed by atoms with Crippen LogP contribution in [-0.4, -0.2) is 15.5 Å². The third-order valence-electron chi connectivity index (χ3n) is 6.02. The van der Waals surface area contributed by atoms with Crippen LogP contribution in [0.5, 0.6) is 0 Å². The fourth-order valence-corrected chi connectivity index (χ4v) is 4.35. The molecule has 2 heterocycles. The summed E-state index contributed by atoms with van der Waals surface area (Å²) in [5.41, 5.74) is 5.87. The fourth-order valence-electron chi connectivity index (χ4n) is 4.35. The summed E-state index contributed by atoms with van der Waals surface area (Å²) in [6.07, 6.45) is 2.95. The maximum absolute atomic E-state index is 13.7. The minimum absolute atomic E-state index is 0.201. The molecule has 4 nitrogen and oxygen atoms in total. The van der Waals surface area contributed by atoms with Gasteiger partial charge < -0.3 is 14.8 Å². The first-order chi connectivity index (χ1) is 15.6. The van der Waals surface area contributed by atoms with E-state index in [0.717, 1.165) is 34.6 Å². The van der Waals surface area contributed by atoms with Gasteiger partial charge in [-0.3, -0.25) is 0 Å². The molecular formula is C27H24FN3O. The quantitative estimate of drug-likeness (QED) is 0.410. The second kappa shape index (κ2) is 8.35. The number of hydrogen-bond acceptors (Lipinski definition) is 1. The normalized spacial score (nSPS) is 14.9. The van der Waals surface area contributed by atoms with Crippen LogP contribution in [0.25, 0.3) is 5.69 Å². The second-order valence-electron chi connectivity index (χ2n) is 7.99. The van der Waals surface area contributed by atoms with Gasteiger partial charge in [-0.25, -0.2) is 9.18 Å². The van der Waals surface area contributed by atoms with Crippen molar-refractivity contribution in [3.05, 3.63) is 119 Å². The summed E-state index contributed by atoms with van der Waals surface area (Å²) in [5.74, 6) is -0.298. The van der Waals surface area contributed by atoms with Crippen molar-refractivity contribution < 1.29 is 9.18 Å². The molecule has 0 saturated heterocycles. The first kappa shape index (κ1) is 20.1. The average molecular weight is 426 g/mol. The zero-order valence-electron chi connectivity index (χ0n) is 17.8. The van der Waals surface area contributed by atoms with Crippen molar-refractivity contribution in [2.75, 3.05) is 5.32 Å². The van der Waals surface area contributed by atoms with Crippen LogP contribution in [0.2, 0.25) is 0 Å². The molecule has 1 atom stereocenters. The number of carbonyl (C=O) groups excluding carboxylic acids is 1. The van der Waals surface area contributed by atoms with Gasteiger partial charge in [0.05, 0.1) is 18.3 Å². The van der Waals surface area contributed by atoms with Crippen LogP contribution in [0.4, 0.5) is 14.9 Å². The highest BCUT2D eigenvalue weighted by atomic mass is 19.1. The molecule has 32 heavy (non-hydrogen) atoms. The lowest BCUT2D eigenvalue weighted by molar-refractivity contribution is 0.194. The van der Waals surface area contributed by atoms with Crippen LogP contribution in [-0.2, 0) is 13.0 Å². The molecule has 0 fully saturated rings. The Balaban J connectivity index is 1.59. The van der Waals surface area contributed by atoms with Crippen molar-refractivity contribution in [2.24, 2.45) is 0 Å². The smallest absolute Gasteiger partial charge is 0.318 e. The monoisotopic (exact) mass is 425 g/mol. The fraction of sp³-hybridized carbons (Fsp3) is 0.148. The van der Waals surface area contributed by atoms with Gasteiger partial charge in [0, 0.05) is 17.6 Å². The SMILES string of the molecule is CCc1ccc(NC(=O)N2Cc3ccccc3-n3cccc3[C@H]2c2ccc(F)cc2)cc1. The molecule has 5 rings (SSSR count). The molecule has 1 aliphatic heterocycles. The van der Waals surface area contributed by atoms with Crippen LogP contribution in [0, 0.1) is 5.82 Å². The van der Waals surface area contributed by atoms with Crippen LogP contribution >= 0.6 is 0 Å². The van der Waals surface area contributed by atoms with Gasteiger partial charge in [-0.1, -0.05) is 49.4 Å². The lowest BCUT2D eigenvalue weighted by Gasteiger charge is -2.31. The van der Waals surface area contributed by atoms with Crippen LogP contribution in [0.3, 0.4) is 0 Å². The van der Waals surface area contributed by atoms with Gasteiger partial charge in [-0.15, -0.1) is 0 Å². The molecule has 160 valence electrons. The molecule has 4 aromatic rings. The van der Waals surface area contributed by atoms with Crippen molar-refractivity contribution in [1.29, 1.82) is 0 Å². The minimum atomic E-state index is -0.368. The molecule has 0 spiro atoms. The Bertz CT molecular complexity index is 1240. The van der Waals surface area contributed by atoms with Gasteiger partial charge in [-0.2, -0.15) is 0 Å². The summed E-state index contributed by atoms with van der Waals surface area (Å²) in [7, 11) is 0. The Labute approximate surface area is 186 Å². The molecule has 0 saturated carbocycles. The number of benzene rings is 3. The van der Waals surface area contributed by atoms with Gasteiger partial charge in [0.1, 0.15) is 5.82 Å². The van der Waals surface area contributed by atoms with Crippen molar-refractivity contribution in [2.45, 2.75) is 25.9 Å². The molecule has 0 unspecified atom stereocenters. The Morgan fingerprint density at radius 2 is 1.72 bits per heavy atom. The van der Waals surface area contributed by atoms with Gasteiger partial charge in [0.25, 0.3) is 0 Å². The minimum Gasteiger partial charge on any atom is -0.318 e. The van der Waals surface area contributed by atoms with Crippen LogP contribution < -0.4 is 5.32 Å². The standard InChI is InChI=1S/C27H24FN3O/c1-2-19-9-15-23(16-10-19)29-27(32)31-18-21-6-3-4-7-24(21)30-17-5-8-25(30)26(31)20-11-13-22(28)14-12-20/h3-17,26H,2,18H2,1H3,(H,29,32)/t26-/m1/s1. The summed E-state index contributed by atoms with van der Waals surface area (Å²) >= 11 is 0. The molecule has 0 radical (unpaired) electrons. The molecule has 1 N–H and O–H groups in total. The maximum atomic E-state index is 13.7. The predicted octanol–water partition coefficient (Wildman–Crippen LogP) is 6.32. The summed E-state index contributed by atoms with van der Waals surface area (Å²) in [6.45, 7) is 2.53. The summed E-state index contributed by atoms with van der Waals surface area (Å²) < 4.78 is 15.8. The number of aryl methyl sites for hydroxylation is 1. The number of nitrogens with zero attached hydrogens (tertiary/aromatic N) is 2. The van der Waals surface area contributed by atoms with Crippen molar-refractivity contribution in [1.82, 2.24) is 9.47 Å². The molecule has 2 amide bonds. The number of urea groups is 1. The number of rotatable bonds is 3. The van der Waals surface area contributed by atoms with E-state index in [1.165, 1.54) is 17.7 Å². The Hall–Kier alpha value is -3.86. The number of amides is 2. The van der Waals surface area contributed by atoms with Crippen molar-refractivity contribution in [3.8, 4) is 5.69 Å². The molecule has 0 aliphatic carbocycles. The van der Waals surface area contributed by atoms with Gasteiger partial charge in [0.2, 0.25) is 0 Å². The summed E-state index contributed by atoms with van der Waals surface area (Å²) in [6, 6.07) is 25.8. The average Bonchev–Trinajstić information content (AvgIpc) is 3.25. The number of carbonyl (C=O) groups is 1. The molecule has 1 aromatic heterocycles. The summed E-state index contributed by atoms with van der Waals surface area (Å²) in [4.78, 5) is 15.4.